The standard InChI is InChI=1S/C38H44N4O4/c1-24-33(20-42-23-38(4)18-29(42)17-37(2,3)22-38)45-36(46-34(24)26-14-12-25(21-43)13-15-26)27-8-7-9-28(16-27)40-35(44)32-19-39-30-10-5-6-11-31(30)41-32/h5-16,19,24,29,33-34,36,43H,17-18,20-23H2,1-4H3,(H,40,44)/t24-,29?,33+,34+,36+,38?/m1/s1. The SMILES string of the molecule is C[C@@H]1[C@H](CN2CC3(C)CC2CC(C)(C)C3)O[C@H](c2cccc(NC(=O)c3cnc4ccccc4n3)c2)O[C@@H]1c1ccc(CO)cc1. The van der Waals surface area contributed by atoms with Gasteiger partial charge >= 0.3 is 0 Å². The molecule has 240 valence electrons. The molecule has 4 aromatic rings. The normalized spacial score (nSPS) is 29.1. The number of hydrogen-bond acceptors (Lipinski definition) is 7. The van der Waals surface area contributed by atoms with Gasteiger partial charge in [-0.2, -0.15) is 0 Å². The first-order valence-electron chi connectivity index (χ1n) is 16.5. The molecule has 46 heavy (non-hydrogen) atoms. The first-order chi connectivity index (χ1) is 22.1. The highest BCUT2D eigenvalue weighted by Gasteiger charge is 2.51. The molecule has 3 aromatic carbocycles. The third kappa shape index (κ3) is 6.32. The highest BCUT2D eigenvalue weighted by atomic mass is 16.7. The van der Waals surface area contributed by atoms with Gasteiger partial charge in [-0.15, -0.1) is 0 Å². The van der Waals surface area contributed by atoms with Crippen LogP contribution < -0.4 is 5.32 Å². The van der Waals surface area contributed by atoms with Gasteiger partial charge in [0.05, 0.1) is 36.0 Å². The fourth-order valence-electron chi connectivity index (χ4n) is 8.37. The summed E-state index contributed by atoms with van der Waals surface area (Å²) in [6.45, 7) is 11.4. The van der Waals surface area contributed by atoms with Crippen molar-refractivity contribution < 1.29 is 19.4 Å². The van der Waals surface area contributed by atoms with Crippen molar-refractivity contribution in [2.45, 2.75) is 78.1 Å². The summed E-state index contributed by atoms with van der Waals surface area (Å²) < 4.78 is 13.6. The molecule has 1 saturated carbocycles. The zero-order valence-electron chi connectivity index (χ0n) is 27.1. The molecule has 8 nitrogen and oxygen atoms in total. The average Bonchev–Trinajstić information content (AvgIpc) is 3.28. The van der Waals surface area contributed by atoms with Gasteiger partial charge in [0.2, 0.25) is 0 Å². The smallest absolute Gasteiger partial charge is 0.275 e. The molecule has 3 heterocycles. The van der Waals surface area contributed by atoms with Crippen molar-refractivity contribution in [3.8, 4) is 0 Å². The van der Waals surface area contributed by atoms with Crippen molar-refractivity contribution >= 4 is 22.6 Å². The van der Waals surface area contributed by atoms with Crippen LogP contribution in [0.5, 0.6) is 0 Å². The molecule has 3 aliphatic rings. The predicted molar refractivity (Wildman–Crippen MR) is 178 cm³/mol. The zero-order valence-corrected chi connectivity index (χ0v) is 27.1. The number of anilines is 1. The van der Waals surface area contributed by atoms with Crippen LogP contribution in [-0.4, -0.2) is 51.1 Å². The van der Waals surface area contributed by atoms with Gasteiger partial charge in [0.25, 0.3) is 5.91 Å². The van der Waals surface area contributed by atoms with Crippen molar-refractivity contribution in [3.63, 3.8) is 0 Å². The molecule has 2 N–H and O–H groups in total. The van der Waals surface area contributed by atoms with Crippen molar-refractivity contribution in [2.75, 3.05) is 18.4 Å². The zero-order chi connectivity index (χ0) is 32.1. The minimum absolute atomic E-state index is 0.00445. The van der Waals surface area contributed by atoms with Crippen LogP contribution in [0.4, 0.5) is 5.69 Å². The first-order valence-corrected chi connectivity index (χ1v) is 16.5. The summed E-state index contributed by atoms with van der Waals surface area (Å²) in [5, 5.41) is 12.6. The Balaban J connectivity index is 1.14. The van der Waals surface area contributed by atoms with Crippen molar-refractivity contribution in [3.05, 3.63) is 101 Å². The van der Waals surface area contributed by atoms with E-state index in [0.717, 1.165) is 35.3 Å². The van der Waals surface area contributed by atoms with Crippen LogP contribution in [0.2, 0.25) is 0 Å². The van der Waals surface area contributed by atoms with E-state index >= 15 is 0 Å². The minimum Gasteiger partial charge on any atom is -0.392 e. The van der Waals surface area contributed by atoms with E-state index in [4.69, 9.17) is 9.47 Å². The molecule has 3 fully saturated rings. The maximum absolute atomic E-state index is 13.2. The Morgan fingerprint density at radius 1 is 0.978 bits per heavy atom. The van der Waals surface area contributed by atoms with E-state index in [9.17, 15) is 9.90 Å². The number of fused-ring (bicyclic) bond motifs is 3. The number of amides is 1. The molecule has 1 amide bonds. The summed E-state index contributed by atoms with van der Waals surface area (Å²) in [7, 11) is 0. The molecule has 2 unspecified atom stereocenters. The second-order valence-electron chi connectivity index (χ2n) is 14.8. The summed E-state index contributed by atoms with van der Waals surface area (Å²) >= 11 is 0. The molecule has 0 spiro atoms. The number of carbonyl (C=O) groups is 1. The Hall–Kier alpha value is -3.69. The fraction of sp³-hybridized carbons (Fsp3) is 0.447. The summed E-state index contributed by atoms with van der Waals surface area (Å²) in [6, 6.07) is 23.8. The molecule has 2 saturated heterocycles. The Labute approximate surface area is 271 Å². The molecule has 1 aromatic heterocycles. The number of aromatic nitrogens is 2. The number of ether oxygens (including phenoxy) is 2. The molecule has 2 aliphatic heterocycles. The third-order valence-corrected chi connectivity index (χ3v) is 10.2. The summed E-state index contributed by atoms with van der Waals surface area (Å²) in [5.74, 6) is -0.224. The van der Waals surface area contributed by atoms with E-state index in [2.05, 4.69) is 60.0 Å². The van der Waals surface area contributed by atoms with Crippen LogP contribution in [-0.2, 0) is 16.1 Å². The largest absolute Gasteiger partial charge is 0.392 e. The van der Waals surface area contributed by atoms with Crippen molar-refractivity contribution in [1.82, 2.24) is 14.9 Å². The number of para-hydroxylation sites is 2. The van der Waals surface area contributed by atoms with Gasteiger partial charge in [-0.3, -0.25) is 14.7 Å². The van der Waals surface area contributed by atoms with Crippen LogP contribution in [0.1, 0.15) is 86.5 Å². The highest BCUT2D eigenvalue weighted by molar-refractivity contribution is 6.03. The van der Waals surface area contributed by atoms with Gasteiger partial charge < -0.3 is 19.9 Å². The molecule has 7 rings (SSSR count). The topological polar surface area (TPSA) is 96.8 Å². The lowest BCUT2D eigenvalue weighted by Gasteiger charge is -2.43. The third-order valence-electron chi connectivity index (χ3n) is 10.2. The fourth-order valence-corrected chi connectivity index (χ4v) is 8.37. The quantitative estimate of drug-likeness (QED) is 0.228. The van der Waals surface area contributed by atoms with Gasteiger partial charge in [0.15, 0.2) is 6.29 Å². The number of likely N-dealkylation sites (tertiary alicyclic amines) is 1. The number of nitrogens with one attached hydrogen (secondary N) is 1. The number of hydrogen-bond donors (Lipinski definition) is 2. The molecular weight excluding hydrogens is 576 g/mol. The summed E-state index contributed by atoms with van der Waals surface area (Å²) in [5.41, 5.74) is 5.75. The molecule has 8 heteroatoms. The van der Waals surface area contributed by atoms with Crippen molar-refractivity contribution in [1.29, 1.82) is 0 Å². The highest BCUT2D eigenvalue weighted by Crippen LogP contribution is 2.53. The van der Waals surface area contributed by atoms with E-state index in [-0.39, 0.29) is 36.3 Å². The number of nitrogens with zero attached hydrogens (tertiary/aromatic N) is 3. The van der Waals surface area contributed by atoms with Gasteiger partial charge in [0.1, 0.15) is 5.69 Å². The summed E-state index contributed by atoms with van der Waals surface area (Å²) in [4.78, 5) is 24.7. The molecule has 0 radical (unpaired) electrons. The molecule has 2 bridgehead atoms. The number of benzene rings is 3. The van der Waals surface area contributed by atoms with E-state index in [1.165, 1.54) is 25.5 Å². The Kier molecular flexibility index (Phi) is 8.18. The van der Waals surface area contributed by atoms with Crippen molar-refractivity contribution in [2.24, 2.45) is 16.7 Å². The predicted octanol–water partition coefficient (Wildman–Crippen LogP) is 7.07. The lowest BCUT2D eigenvalue weighted by molar-refractivity contribution is -0.276. The number of aliphatic hydroxyl groups excluding tert-OH is 1. The number of carbonyl (C=O) groups excluding carboxylic acids is 1. The Morgan fingerprint density at radius 3 is 2.54 bits per heavy atom. The Morgan fingerprint density at radius 2 is 1.76 bits per heavy atom. The molecular formula is C38H44N4O4. The van der Waals surface area contributed by atoms with E-state index < -0.39 is 6.29 Å². The van der Waals surface area contributed by atoms with E-state index in [0.29, 0.717) is 28.1 Å². The van der Waals surface area contributed by atoms with Crippen LogP contribution in [0.25, 0.3) is 11.0 Å². The van der Waals surface area contributed by atoms with E-state index in [1.807, 2.05) is 60.7 Å². The van der Waals surface area contributed by atoms with Crippen LogP contribution in [0.15, 0.2) is 79.0 Å². The minimum atomic E-state index is -0.616. The Bertz CT molecular complexity index is 1730. The second-order valence-corrected chi connectivity index (χ2v) is 14.8. The number of aliphatic hydroxyl groups is 1. The lowest BCUT2D eigenvalue weighted by atomic mass is 9.65. The molecule has 6 atom stereocenters. The average molecular weight is 621 g/mol. The second kappa shape index (κ2) is 12.2. The van der Waals surface area contributed by atoms with Crippen LogP contribution in [0, 0.1) is 16.7 Å². The number of rotatable bonds is 7. The van der Waals surface area contributed by atoms with E-state index in [1.54, 1.807) is 0 Å². The molecule has 1 aliphatic carbocycles. The maximum atomic E-state index is 13.2. The van der Waals surface area contributed by atoms with Gasteiger partial charge in [-0.25, -0.2) is 4.98 Å². The first kappa shape index (κ1) is 30.9. The van der Waals surface area contributed by atoms with Gasteiger partial charge in [-0.05, 0) is 65.5 Å². The van der Waals surface area contributed by atoms with Crippen LogP contribution in [0.3, 0.4) is 0 Å². The maximum Gasteiger partial charge on any atom is 0.275 e. The van der Waals surface area contributed by atoms with Gasteiger partial charge in [-0.1, -0.05) is 76.2 Å². The van der Waals surface area contributed by atoms with Crippen LogP contribution >= 0.6 is 0 Å². The lowest BCUT2D eigenvalue weighted by Crippen LogP contribution is -2.46. The monoisotopic (exact) mass is 620 g/mol. The van der Waals surface area contributed by atoms with Gasteiger partial charge in [0, 0.05) is 36.3 Å². The summed E-state index contributed by atoms with van der Waals surface area (Å²) in [6.07, 6.45) is 4.34.